The minimum absolute atomic E-state index is 0.0551. The first kappa shape index (κ1) is 14.1. The van der Waals surface area contributed by atoms with Gasteiger partial charge in [0, 0.05) is 5.69 Å². The van der Waals surface area contributed by atoms with E-state index in [9.17, 15) is 9.90 Å². The number of amides is 1. The van der Waals surface area contributed by atoms with Crippen molar-refractivity contribution in [1.29, 1.82) is 0 Å². The third-order valence-electron chi connectivity index (χ3n) is 2.98. The van der Waals surface area contributed by atoms with E-state index < -0.39 is 6.09 Å². The van der Waals surface area contributed by atoms with Crippen LogP contribution in [0.5, 0.6) is 0 Å². The van der Waals surface area contributed by atoms with Crippen LogP contribution in [-0.4, -0.2) is 11.2 Å². The summed E-state index contributed by atoms with van der Waals surface area (Å²) in [5.74, 6) is 0. The van der Waals surface area contributed by atoms with E-state index in [2.05, 4.69) is 5.32 Å². The molecule has 2 aromatic carbocycles. The number of aryl methyl sites for hydroxylation is 1. The van der Waals surface area contributed by atoms with E-state index in [0.29, 0.717) is 5.69 Å². The zero-order chi connectivity index (χ0) is 14.4. The van der Waals surface area contributed by atoms with Crippen molar-refractivity contribution in [2.75, 3.05) is 5.32 Å². The van der Waals surface area contributed by atoms with Crippen LogP contribution in [0.3, 0.4) is 0 Å². The van der Waals surface area contributed by atoms with Gasteiger partial charge in [0.1, 0.15) is 6.61 Å². The molecular weight excluding hydrogens is 254 g/mol. The molecule has 0 heterocycles. The number of carbonyl (C=O) groups is 1. The van der Waals surface area contributed by atoms with E-state index in [1.807, 2.05) is 43.3 Å². The molecule has 0 aromatic heterocycles. The molecule has 104 valence electrons. The van der Waals surface area contributed by atoms with Crippen molar-refractivity contribution >= 4 is 11.8 Å². The molecule has 2 N–H and O–H groups in total. The number of aliphatic hydroxyl groups is 1. The lowest BCUT2D eigenvalue weighted by atomic mass is 10.1. The quantitative estimate of drug-likeness (QED) is 0.897. The summed E-state index contributed by atoms with van der Waals surface area (Å²) in [6, 6.07) is 14.8. The van der Waals surface area contributed by atoms with E-state index in [1.54, 1.807) is 12.1 Å². The first-order chi connectivity index (χ1) is 9.69. The van der Waals surface area contributed by atoms with Crippen molar-refractivity contribution in [1.82, 2.24) is 0 Å². The van der Waals surface area contributed by atoms with Gasteiger partial charge in [0.15, 0.2) is 0 Å². The van der Waals surface area contributed by atoms with Crippen molar-refractivity contribution in [2.45, 2.75) is 20.1 Å². The molecule has 0 spiro atoms. The highest BCUT2D eigenvalue weighted by molar-refractivity contribution is 5.84. The molecular formula is C16H17NO3. The summed E-state index contributed by atoms with van der Waals surface area (Å²) >= 11 is 0. The summed E-state index contributed by atoms with van der Waals surface area (Å²) in [5.41, 5.74) is 3.31. The highest BCUT2D eigenvalue weighted by Gasteiger charge is 2.05. The Kier molecular flexibility index (Phi) is 4.74. The summed E-state index contributed by atoms with van der Waals surface area (Å²) in [6.45, 7) is 2.08. The van der Waals surface area contributed by atoms with Crippen LogP contribution in [0.4, 0.5) is 10.5 Å². The molecule has 0 radical (unpaired) electrons. The zero-order valence-electron chi connectivity index (χ0n) is 11.3. The van der Waals surface area contributed by atoms with Gasteiger partial charge in [-0.25, -0.2) is 4.79 Å². The van der Waals surface area contributed by atoms with Gasteiger partial charge in [-0.1, -0.05) is 36.4 Å². The molecule has 0 bridgehead atoms. The highest BCUT2D eigenvalue weighted by atomic mass is 16.5. The van der Waals surface area contributed by atoms with Crippen LogP contribution in [0.15, 0.2) is 48.5 Å². The fourth-order valence-corrected chi connectivity index (χ4v) is 1.80. The lowest BCUT2D eigenvalue weighted by Gasteiger charge is -2.09. The highest BCUT2D eigenvalue weighted by Crippen LogP contribution is 2.15. The van der Waals surface area contributed by atoms with Crippen LogP contribution in [0.1, 0.15) is 16.7 Å². The van der Waals surface area contributed by atoms with Crippen molar-refractivity contribution in [3.63, 3.8) is 0 Å². The summed E-state index contributed by atoms with van der Waals surface area (Å²) in [6.07, 6.45) is -0.512. The smallest absolute Gasteiger partial charge is 0.411 e. The van der Waals surface area contributed by atoms with Gasteiger partial charge in [-0.3, -0.25) is 5.32 Å². The maximum absolute atomic E-state index is 11.7. The van der Waals surface area contributed by atoms with Crippen LogP contribution in [0.25, 0.3) is 0 Å². The third-order valence-corrected chi connectivity index (χ3v) is 2.98. The lowest BCUT2D eigenvalue weighted by molar-refractivity contribution is 0.155. The lowest BCUT2D eigenvalue weighted by Crippen LogP contribution is -2.13. The Labute approximate surface area is 118 Å². The van der Waals surface area contributed by atoms with Gasteiger partial charge in [0.2, 0.25) is 0 Å². The predicted molar refractivity (Wildman–Crippen MR) is 77.4 cm³/mol. The standard InChI is InChI=1S/C16H17NO3/c1-12-7-8-15(9-14(12)10-18)17-16(19)20-11-13-5-3-2-4-6-13/h2-9,18H,10-11H2,1H3,(H,17,19). The monoisotopic (exact) mass is 271 g/mol. The Balaban J connectivity index is 1.91. The van der Waals surface area contributed by atoms with Crippen molar-refractivity contribution in [3.05, 3.63) is 65.2 Å². The van der Waals surface area contributed by atoms with Gasteiger partial charge >= 0.3 is 6.09 Å². The number of carbonyl (C=O) groups excluding carboxylic acids is 1. The Morgan fingerprint density at radius 3 is 2.65 bits per heavy atom. The average Bonchev–Trinajstić information content (AvgIpc) is 2.48. The maximum atomic E-state index is 11.7. The van der Waals surface area contributed by atoms with Crippen LogP contribution >= 0.6 is 0 Å². The Bertz CT molecular complexity index is 582. The average molecular weight is 271 g/mol. The largest absolute Gasteiger partial charge is 0.444 e. The third kappa shape index (κ3) is 3.83. The Morgan fingerprint density at radius 2 is 1.95 bits per heavy atom. The minimum Gasteiger partial charge on any atom is -0.444 e. The molecule has 0 aliphatic rings. The maximum Gasteiger partial charge on any atom is 0.411 e. The molecule has 0 atom stereocenters. The summed E-state index contributed by atoms with van der Waals surface area (Å²) in [7, 11) is 0. The predicted octanol–water partition coefficient (Wildman–Crippen LogP) is 3.24. The number of hydrogen-bond acceptors (Lipinski definition) is 3. The van der Waals surface area contributed by atoms with Crippen molar-refractivity contribution in [3.8, 4) is 0 Å². The molecule has 0 unspecified atom stereocenters. The Morgan fingerprint density at radius 1 is 1.20 bits per heavy atom. The first-order valence-electron chi connectivity index (χ1n) is 6.37. The number of benzene rings is 2. The van der Waals surface area contributed by atoms with E-state index in [1.165, 1.54) is 0 Å². The number of nitrogens with one attached hydrogen (secondary N) is 1. The fraction of sp³-hybridized carbons (Fsp3) is 0.188. The fourth-order valence-electron chi connectivity index (χ4n) is 1.80. The van der Waals surface area contributed by atoms with E-state index >= 15 is 0 Å². The van der Waals surface area contributed by atoms with Gasteiger partial charge in [-0.05, 0) is 35.7 Å². The van der Waals surface area contributed by atoms with Crippen LogP contribution in [0.2, 0.25) is 0 Å². The minimum atomic E-state index is -0.512. The van der Waals surface area contributed by atoms with Gasteiger partial charge in [-0.2, -0.15) is 0 Å². The molecule has 4 heteroatoms. The Hall–Kier alpha value is -2.33. The number of ether oxygens (including phenoxy) is 1. The molecule has 0 saturated carbocycles. The molecule has 2 aromatic rings. The zero-order valence-corrected chi connectivity index (χ0v) is 11.3. The number of aliphatic hydroxyl groups excluding tert-OH is 1. The molecule has 1 amide bonds. The van der Waals surface area contributed by atoms with Gasteiger partial charge in [-0.15, -0.1) is 0 Å². The second-order valence-electron chi connectivity index (χ2n) is 4.49. The van der Waals surface area contributed by atoms with Gasteiger partial charge < -0.3 is 9.84 Å². The van der Waals surface area contributed by atoms with Crippen LogP contribution in [-0.2, 0) is 18.0 Å². The van der Waals surface area contributed by atoms with Crippen LogP contribution < -0.4 is 5.32 Å². The van der Waals surface area contributed by atoms with E-state index in [4.69, 9.17) is 4.74 Å². The molecule has 0 saturated heterocycles. The SMILES string of the molecule is Cc1ccc(NC(=O)OCc2ccccc2)cc1CO. The van der Waals surface area contributed by atoms with E-state index in [0.717, 1.165) is 16.7 Å². The van der Waals surface area contributed by atoms with Crippen molar-refractivity contribution in [2.24, 2.45) is 0 Å². The number of anilines is 1. The normalized spacial score (nSPS) is 10.1. The molecule has 0 aliphatic heterocycles. The molecule has 0 aliphatic carbocycles. The topological polar surface area (TPSA) is 58.6 Å². The van der Waals surface area contributed by atoms with Crippen LogP contribution in [0, 0.1) is 6.92 Å². The van der Waals surface area contributed by atoms with Gasteiger partial charge in [0.25, 0.3) is 0 Å². The molecule has 2 rings (SSSR count). The second kappa shape index (κ2) is 6.73. The second-order valence-corrected chi connectivity index (χ2v) is 4.49. The molecule has 0 fully saturated rings. The summed E-state index contributed by atoms with van der Waals surface area (Å²) in [5, 5.41) is 11.8. The summed E-state index contributed by atoms with van der Waals surface area (Å²) < 4.78 is 5.12. The summed E-state index contributed by atoms with van der Waals surface area (Å²) in [4.78, 5) is 11.7. The number of hydrogen-bond donors (Lipinski definition) is 2. The van der Waals surface area contributed by atoms with Gasteiger partial charge in [0.05, 0.1) is 6.61 Å². The van der Waals surface area contributed by atoms with Crippen molar-refractivity contribution < 1.29 is 14.6 Å². The molecule has 4 nitrogen and oxygen atoms in total. The first-order valence-corrected chi connectivity index (χ1v) is 6.37. The van der Waals surface area contributed by atoms with E-state index in [-0.39, 0.29) is 13.2 Å². The number of rotatable bonds is 4. The molecule has 20 heavy (non-hydrogen) atoms.